The van der Waals surface area contributed by atoms with E-state index in [1.54, 1.807) is 20.2 Å². The molecule has 6 nitrogen and oxygen atoms in total. The Morgan fingerprint density at radius 3 is 2.59 bits per heavy atom. The van der Waals surface area contributed by atoms with Crippen molar-refractivity contribution in [3.63, 3.8) is 0 Å². The number of likely N-dealkylation sites (tertiary alicyclic amines) is 1. The molecule has 154 valence electrons. The van der Waals surface area contributed by atoms with Crippen molar-refractivity contribution in [1.82, 2.24) is 10.2 Å². The average molecular weight is 495 g/mol. The van der Waals surface area contributed by atoms with Crippen molar-refractivity contribution in [3.05, 3.63) is 29.6 Å². The largest absolute Gasteiger partial charge is 0.494 e. The van der Waals surface area contributed by atoms with E-state index in [2.05, 4.69) is 15.2 Å². The first kappa shape index (κ1) is 23.9. The minimum atomic E-state index is -0.353. The van der Waals surface area contributed by atoms with Crippen LogP contribution in [0.2, 0.25) is 0 Å². The summed E-state index contributed by atoms with van der Waals surface area (Å²) >= 11 is 0. The number of nitrogens with one attached hydrogen (secondary N) is 1. The first-order chi connectivity index (χ1) is 12.7. The van der Waals surface area contributed by atoms with Crippen molar-refractivity contribution in [3.8, 4) is 5.75 Å². The fraction of sp³-hybridized carbons (Fsp3) is 0.632. The van der Waals surface area contributed by atoms with Crippen LogP contribution in [0.5, 0.6) is 5.75 Å². The van der Waals surface area contributed by atoms with E-state index in [0.29, 0.717) is 12.6 Å². The topological polar surface area (TPSA) is 55.3 Å². The third kappa shape index (κ3) is 7.79. The Kier molecular flexibility index (Phi) is 11.6. The van der Waals surface area contributed by atoms with Crippen LogP contribution in [0.25, 0.3) is 0 Å². The molecule has 0 bridgehead atoms. The van der Waals surface area contributed by atoms with Crippen LogP contribution < -0.4 is 10.1 Å². The second kappa shape index (κ2) is 13.1. The number of nitrogens with zero attached hydrogens (tertiary/aromatic N) is 2. The van der Waals surface area contributed by atoms with Gasteiger partial charge < -0.3 is 24.4 Å². The number of ether oxygens (including phenoxy) is 3. The Morgan fingerprint density at radius 1 is 1.26 bits per heavy atom. The molecule has 0 amide bonds. The molecule has 8 heteroatoms. The van der Waals surface area contributed by atoms with Gasteiger partial charge in [0.05, 0.1) is 13.2 Å². The summed E-state index contributed by atoms with van der Waals surface area (Å²) in [6, 6.07) is 4.98. The summed E-state index contributed by atoms with van der Waals surface area (Å²) in [5, 5.41) is 3.31. The summed E-state index contributed by atoms with van der Waals surface area (Å²) in [5.74, 6) is 0.734. The van der Waals surface area contributed by atoms with Gasteiger partial charge in [-0.3, -0.25) is 4.99 Å². The molecule has 1 N–H and O–H groups in total. The first-order valence-corrected chi connectivity index (χ1v) is 9.06. The fourth-order valence-corrected chi connectivity index (χ4v) is 3.02. The van der Waals surface area contributed by atoms with E-state index in [1.807, 2.05) is 6.07 Å². The lowest BCUT2D eigenvalue weighted by Gasteiger charge is -2.34. The van der Waals surface area contributed by atoms with E-state index < -0.39 is 0 Å². The molecule has 1 aliphatic heterocycles. The Morgan fingerprint density at radius 2 is 2.00 bits per heavy atom. The van der Waals surface area contributed by atoms with Crippen LogP contribution in [-0.2, 0) is 16.0 Å². The molecular formula is C19H31FIN3O3. The van der Waals surface area contributed by atoms with Crippen LogP contribution in [0.3, 0.4) is 0 Å². The maximum Gasteiger partial charge on any atom is 0.193 e. The molecule has 0 aliphatic carbocycles. The Bertz CT molecular complexity index is 581. The lowest BCUT2D eigenvalue weighted by Crippen LogP contribution is -2.46. The summed E-state index contributed by atoms with van der Waals surface area (Å²) < 4.78 is 29.7. The standard InChI is InChI=1S/C19H30FN3O3.HI/c1-21-19(22-14-15-5-6-18(25-3)17(20)13-15)23-9-7-16(8-10-23)26-12-4-11-24-2;/h5-6,13,16H,4,7-12,14H2,1-3H3,(H,21,22);1H. The number of hydrogen-bond acceptors (Lipinski definition) is 4. The first-order valence-electron chi connectivity index (χ1n) is 9.06. The monoisotopic (exact) mass is 495 g/mol. The molecular weight excluding hydrogens is 464 g/mol. The highest BCUT2D eigenvalue weighted by atomic mass is 127. The highest BCUT2D eigenvalue weighted by Crippen LogP contribution is 2.18. The summed E-state index contributed by atoms with van der Waals surface area (Å²) in [7, 11) is 4.94. The van der Waals surface area contributed by atoms with Crippen molar-refractivity contribution in [2.45, 2.75) is 31.9 Å². The van der Waals surface area contributed by atoms with E-state index in [0.717, 1.165) is 57.1 Å². The zero-order chi connectivity index (χ0) is 18.8. The van der Waals surface area contributed by atoms with E-state index in [1.165, 1.54) is 13.2 Å². The molecule has 1 heterocycles. The van der Waals surface area contributed by atoms with Crippen LogP contribution in [0.4, 0.5) is 4.39 Å². The number of guanidine groups is 1. The molecule has 0 atom stereocenters. The smallest absolute Gasteiger partial charge is 0.193 e. The average Bonchev–Trinajstić information content (AvgIpc) is 2.67. The van der Waals surface area contributed by atoms with Crippen LogP contribution in [0.15, 0.2) is 23.2 Å². The van der Waals surface area contributed by atoms with E-state index in [4.69, 9.17) is 14.2 Å². The third-order valence-corrected chi connectivity index (χ3v) is 4.47. The second-order valence-corrected chi connectivity index (χ2v) is 6.27. The Labute approximate surface area is 178 Å². The van der Waals surface area contributed by atoms with Gasteiger partial charge in [0, 0.05) is 47.0 Å². The second-order valence-electron chi connectivity index (χ2n) is 6.27. The van der Waals surface area contributed by atoms with Crippen LogP contribution in [-0.4, -0.2) is 64.5 Å². The van der Waals surface area contributed by atoms with Gasteiger partial charge in [0.2, 0.25) is 0 Å². The summed E-state index contributed by atoms with van der Waals surface area (Å²) in [5.41, 5.74) is 0.848. The maximum atomic E-state index is 13.8. The van der Waals surface area contributed by atoms with Crippen molar-refractivity contribution in [1.29, 1.82) is 0 Å². The van der Waals surface area contributed by atoms with Gasteiger partial charge >= 0.3 is 0 Å². The molecule has 1 aromatic carbocycles. The van der Waals surface area contributed by atoms with Gasteiger partial charge in [0.15, 0.2) is 17.5 Å². The minimum absolute atomic E-state index is 0. The lowest BCUT2D eigenvalue weighted by molar-refractivity contribution is 0.00989. The molecule has 1 saturated heterocycles. The minimum Gasteiger partial charge on any atom is -0.494 e. The number of halogens is 2. The molecule has 27 heavy (non-hydrogen) atoms. The molecule has 1 aromatic rings. The molecule has 0 unspecified atom stereocenters. The normalized spacial score (nSPS) is 15.4. The number of benzene rings is 1. The van der Waals surface area contributed by atoms with Crippen molar-refractivity contribution >= 4 is 29.9 Å². The molecule has 0 aromatic heterocycles. The number of methoxy groups -OCH3 is 2. The van der Waals surface area contributed by atoms with Crippen LogP contribution in [0, 0.1) is 5.82 Å². The van der Waals surface area contributed by atoms with Gasteiger partial charge in [-0.2, -0.15) is 0 Å². The highest BCUT2D eigenvalue weighted by molar-refractivity contribution is 14.0. The predicted octanol–water partition coefficient (Wildman–Crippen LogP) is 3.05. The number of hydrogen-bond donors (Lipinski definition) is 1. The molecule has 2 rings (SSSR count). The molecule has 0 spiro atoms. The molecule has 1 fully saturated rings. The zero-order valence-electron chi connectivity index (χ0n) is 16.4. The van der Waals surface area contributed by atoms with Gasteiger partial charge in [-0.15, -0.1) is 24.0 Å². The number of aliphatic imine (C=N–C) groups is 1. The predicted molar refractivity (Wildman–Crippen MR) is 116 cm³/mol. The van der Waals surface area contributed by atoms with Crippen molar-refractivity contribution < 1.29 is 18.6 Å². The zero-order valence-corrected chi connectivity index (χ0v) is 18.7. The quantitative estimate of drug-likeness (QED) is 0.260. The summed E-state index contributed by atoms with van der Waals surface area (Å²) in [6.07, 6.45) is 3.19. The Hall–Kier alpha value is -1.13. The van der Waals surface area contributed by atoms with Crippen LogP contribution >= 0.6 is 24.0 Å². The van der Waals surface area contributed by atoms with Gasteiger partial charge in [0.1, 0.15) is 0 Å². The Balaban J connectivity index is 0.00000364. The van der Waals surface area contributed by atoms with Gasteiger partial charge in [-0.1, -0.05) is 6.07 Å². The SMILES string of the molecule is CN=C(NCc1ccc(OC)c(F)c1)N1CCC(OCCCOC)CC1.I. The summed E-state index contributed by atoms with van der Waals surface area (Å²) in [4.78, 5) is 6.57. The molecule has 0 radical (unpaired) electrons. The number of piperidine rings is 1. The van der Waals surface area contributed by atoms with E-state index in [9.17, 15) is 4.39 Å². The van der Waals surface area contributed by atoms with E-state index in [-0.39, 0.29) is 35.5 Å². The molecule has 1 aliphatic rings. The fourth-order valence-electron chi connectivity index (χ4n) is 3.02. The van der Waals surface area contributed by atoms with Crippen molar-refractivity contribution in [2.24, 2.45) is 4.99 Å². The maximum absolute atomic E-state index is 13.8. The third-order valence-electron chi connectivity index (χ3n) is 4.47. The number of rotatable bonds is 8. The van der Waals surface area contributed by atoms with Crippen molar-refractivity contribution in [2.75, 3.05) is 47.6 Å². The van der Waals surface area contributed by atoms with Gasteiger partial charge in [0.25, 0.3) is 0 Å². The van der Waals surface area contributed by atoms with Gasteiger partial charge in [-0.25, -0.2) is 4.39 Å². The highest BCUT2D eigenvalue weighted by Gasteiger charge is 2.21. The van der Waals surface area contributed by atoms with Gasteiger partial charge in [-0.05, 0) is 37.0 Å². The van der Waals surface area contributed by atoms with E-state index >= 15 is 0 Å². The molecule has 0 saturated carbocycles. The summed E-state index contributed by atoms with van der Waals surface area (Å²) in [6.45, 7) is 3.79. The lowest BCUT2D eigenvalue weighted by atomic mass is 10.1. The van der Waals surface area contributed by atoms with Crippen LogP contribution in [0.1, 0.15) is 24.8 Å².